The number of esters is 1. The first-order chi connectivity index (χ1) is 14.9. The standard InChI is InChI=1S/C24H28ClNO5S/c1-16(22(27)17-7-10-19(11-8-17)24(2,3)4)31-23(28)18-9-12-20(25)21(15-18)32(29,30)26-13-5-6-14-26/h7-12,15-16H,5-6,13-14H2,1-4H3/t16-/m1/s1. The molecule has 0 N–H and O–H groups in total. The minimum atomic E-state index is -3.80. The predicted octanol–water partition coefficient (Wildman–Crippen LogP) is 4.85. The van der Waals surface area contributed by atoms with Crippen LogP contribution in [0.3, 0.4) is 0 Å². The second-order valence-corrected chi connectivity index (χ2v) is 11.3. The number of nitrogens with zero attached hydrogens (tertiary/aromatic N) is 1. The van der Waals surface area contributed by atoms with E-state index in [1.165, 1.54) is 29.4 Å². The van der Waals surface area contributed by atoms with Crippen molar-refractivity contribution in [3.05, 3.63) is 64.2 Å². The fourth-order valence-electron chi connectivity index (χ4n) is 3.55. The topological polar surface area (TPSA) is 80.8 Å². The van der Waals surface area contributed by atoms with Gasteiger partial charge in [0.1, 0.15) is 4.90 Å². The third kappa shape index (κ3) is 5.22. The zero-order valence-corrected chi connectivity index (χ0v) is 20.3. The summed E-state index contributed by atoms with van der Waals surface area (Å²) in [6, 6.07) is 11.2. The van der Waals surface area contributed by atoms with Gasteiger partial charge in [0.2, 0.25) is 15.8 Å². The van der Waals surface area contributed by atoms with Crippen LogP contribution in [0.2, 0.25) is 5.02 Å². The summed E-state index contributed by atoms with van der Waals surface area (Å²) in [4.78, 5) is 25.3. The summed E-state index contributed by atoms with van der Waals surface area (Å²) < 4.78 is 32.5. The lowest BCUT2D eigenvalue weighted by Crippen LogP contribution is -2.28. The quantitative estimate of drug-likeness (QED) is 0.438. The van der Waals surface area contributed by atoms with Crippen LogP contribution < -0.4 is 0 Å². The van der Waals surface area contributed by atoms with Crippen molar-refractivity contribution in [1.29, 1.82) is 0 Å². The number of hydrogen-bond acceptors (Lipinski definition) is 5. The van der Waals surface area contributed by atoms with Crippen molar-refractivity contribution in [2.24, 2.45) is 0 Å². The molecule has 6 nitrogen and oxygen atoms in total. The van der Waals surface area contributed by atoms with Crippen LogP contribution in [-0.4, -0.2) is 43.7 Å². The van der Waals surface area contributed by atoms with E-state index in [9.17, 15) is 18.0 Å². The Bertz CT molecular complexity index is 1110. The van der Waals surface area contributed by atoms with Crippen molar-refractivity contribution in [3.8, 4) is 0 Å². The molecular weight excluding hydrogens is 450 g/mol. The van der Waals surface area contributed by atoms with Crippen LogP contribution in [0.25, 0.3) is 0 Å². The molecule has 172 valence electrons. The van der Waals surface area contributed by atoms with Crippen molar-refractivity contribution in [2.75, 3.05) is 13.1 Å². The van der Waals surface area contributed by atoms with Crippen molar-refractivity contribution in [3.63, 3.8) is 0 Å². The summed E-state index contributed by atoms with van der Waals surface area (Å²) in [5.41, 5.74) is 1.51. The van der Waals surface area contributed by atoms with E-state index in [4.69, 9.17) is 16.3 Å². The molecule has 0 saturated carbocycles. The van der Waals surface area contributed by atoms with Gasteiger partial charge in [-0.1, -0.05) is 56.6 Å². The van der Waals surface area contributed by atoms with Crippen molar-refractivity contribution >= 4 is 33.4 Å². The van der Waals surface area contributed by atoms with Gasteiger partial charge >= 0.3 is 5.97 Å². The maximum absolute atomic E-state index is 12.9. The highest BCUT2D eigenvalue weighted by Crippen LogP contribution is 2.28. The summed E-state index contributed by atoms with van der Waals surface area (Å²) >= 11 is 6.13. The number of carbonyl (C=O) groups is 2. The number of halogens is 1. The number of sulfonamides is 1. The van der Waals surface area contributed by atoms with E-state index in [0.717, 1.165) is 18.4 Å². The molecule has 0 bridgehead atoms. The molecule has 2 aromatic carbocycles. The van der Waals surface area contributed by atoms with Gasteiger partial charge in [0, 0.05) is 18.7 Å². The highest BCUT2D eigenvalue weighted by atomic mass is 35.5. The second kappa shape index (κ2) is 9.33. The number of benzene rings is 2. The van der Waals surface area contributed by atoms with E-state index in [1.54, 1.807) is 12.1 Å². The molecule has 3 rings (SSSR count). The van der Waals surface area contributed by atoms with Gasteiger partial charge in [-0.3, -0.25) is 4.79 Å². The summed E-state index contributed by atoms with van der Waals surface area (Å²) in [6.45, 7) is 8.59. The van der Waals surface area contributed by atoms with Crippen molar-refractivity contribution < 1.29 is 22.7 Å². The summed E-state index contributed by atoms with van der Waals surface area (Å²) in [7, 11) is -3.80. The van der Waals surface area contributed by atoms with Gasteiger partial charge in [-0.05, 0) is 48.9 Å². The van der Waals surface area contributed by atoms with E-state index < -0.39 is 22.1 Å². The molecule has 1 aliphatic rings. The van der Waals surface area contributed by atoms with Crippen molar-refractivity contribution in [2.45, 2.75) is 57.0 Å². The van der Waals surface area contributed by atoms with Gasteiger partial charge in [-0.15, -0.1) is 0 Å². The molecule has 0 amide bonds. The largest absolute Gasteiger partial charge is 0.451 e. The van der Waals surface area contributed by atoms with E-state index >= 15 is 0 Å². The maximum Gasteiger partial charge on any atom is 0.338 e. The Morgan fingerprint density at radius 3 is 2.12 bits per heavy atom. The molecule has 0 aliphatic carbocycles. The van der Waals surface area contributed by atoms with Gasteiger partial charge in [0.05, 0.1) is 10.6 Å². The Morgan fingerprint density at radius 2 is 1.56 bits per heavy atom. The Morgan fingerprint density at radius 1 is 1.00 bits per heavy atom. The second-order valence-electron chi connectivity index (χ2n) is 9.00. The zero-order valence-electron chi connectivity index (χ0n) is 18.7. The first kappa shape index (κ1) is 24.4. The predicted molar refractivity (Wildman–Crippen MR) is 124 cm³/mol. The molecule has 8 heteroatoms. The van der Waals surface area contributed by atoms with Crippen molar-refractivity contribution in [1.82, 2.24) is 4.31 Å². The number of ketones is 1. The molecule has 0 radical (unpaired) electrons. The van der Waals surface area contributed by atoms with Crippen LogP contribution in [0.5, 0.6) is 0 Å². The van der Waals surface area contributed by atoms with Crippen LogP contribution in [0.1, 0.15) is 66.8 Å². The Kier molecular flexibility index (Phi) is 7.12. The van der Waals surface area contributed by atoms with Gasteiger partial charge in [-0.25, -0.2) is 13.2 Å². The number of Topliss-reactive ketones (excluding diaryl/α,β-unsaturated/α-hetero) is 1. The lowest BCUT2D eigenvalue weighted by molar-refractivity contribution is 0.0318. The first-order valence-electron chi connectivity index (χ1n) is 10.6. The maximum atomic E-state index is 12.9. The van der Waals surface area contributed by atoms with E-state index in [-0.39, 0.29) is 26.7 Å². The van der Waals surface area contributed by atoms with Crippen LogP contribution in [0.4, 0.5) is 0 Å². The Labute approximate surface area is 194 Å². The molecule has 1 heterocycles. The monoisotopic (exact) mass is 477 g/mol. The minimum absolute atomic E-state index is 0.0231. The van der Waals surface area contributed by atoms with E-state index in [2.05, 4.69) is 20.8 Å². The number of ether oxygens (including phenoxy) is 1. The first-order valence-corrected chi connectivity index (χ1v) is 12.4. The fourth-order valence-corrected chi connectivity index (χ4v) is 5.56. The van der Waals surface area contributed by atoms with Crippen LogP contribution in [-0.2, 0) is 20.2 Å². The third-order valence-electron chi connectivity index (χ3n) is 5.54. The molecule has 2 aromatic rings. The molecule has 0 unspecified atom stereocenters. The average molecular weight is 478 g/mol. The summed E-state index contributed by atoms with van der Waals surface area (Å²) in [5.74, 6) is -1.12. The summed E-state index contributed by atoms with van der Waals surface area (Å²) in [5, 5.41) is 0.0384. The lowest BCUT2D eigenvalue weighted by atomic mass is 9.86. The normalized spacial score (nSPS) is 16.0. The van der Waals surface area contributed by atoms with Crippen LogP contribution in [0, 0.1) is 0 Å². The van der Waals surface area contributed by atoms with Crippen LogP contribution >= 0.6 is 11.6 Å². The number of rotatable bonds is 6. The van der Waals surface area contributed by atoms with Gasteiger partial charge in [0.25, 0.3) is 0 Å². The van der Waals surface area contributed by atoms with Gasteiger partial charge in [0.15, 0.2) is 6.10 Å². The van der Waals surface area contributed by atoms with E-state index in [1.807, 2.05) is 12.1 Å². The Balaban J connectivity index is 1.76. The number of carbonyl (C=O) groups excluding carboxylic acids is 2. The molecule has 32 heavy (non-hydrogen) atoms. The van der Waals surface area contributed by atoms with Gasteiger partial charge in [-0.2, -0.15) is 4.31 Å². The highest BCUT2D eigenvalue weighted by Gasteiger charge is 2.30. The van der Waals surface area contributed by atoms with Gasteiger partial charge < -0.3 is 4.74 Å². The number of hydrogen-bond donors (Lipinski definition) is 0. The van der Waals surface area contributed by atoms with E-state index in [0.29, 0.717) is 18.7 Å². The molecular formula is C24H28ClNO5S. The summed E-state index contributed by atoms with van der Waals surface area (Å²) in [6.07, 6.45) is 0.543. The smallest absolute Gasteiger partial charge is 0.338 e. The zero-order chi connectivity index (χ0) is 23.7. The SMILES string of the molecule is C[C@@H](OC(=O)c1ccc(Cl)c(S(=O)(=O)N2CCCC2)c1)C(=O)c1ccc(C(C)(C)C)cc1. The average Bonchev–Trinajstić information content (AvgIpc) is 3.28. The lowest BCUT2D eigenvalue weighted by Gasteiger charge is -2.19. The highest BCUT2D eigenvalue weighted by molar-refractivity contribution is 7.89. The molecule has 1 aliphatic heterocycles. The Hall–Kier alpha value is -2.22. The fraction of sp³-hybridized carbons (Fsp3) is 0.417. The molecule has 1 atom stereocenters. The molecule has 0 aromatic heterocycles. The molecule has 1 saturated heterocycles. The minimum Gasteiger partial charge on any atom is -0.451 e. The molecule has 0 spiro atoms. The molecule has 1 fully saturated rings. The third-order valence-corrected chi connectivity index (χ3v) is 7.92. The van der Waals surface area contributed by atoms with Crippen LogP contribution in [0.15, 0.2) is 47.4 Å².